The van der Waals surface area contributed by atoms with Crippen molar-refractivity contribution in [3.05, 3.63) is 52.5 Å². The lowest BCUT2D eigenvalue weighted by molar-refractivity contribution is 0.600. The zero-order valence-corrected chi connectivity index (χ0v) is 14.9. The van der Waals surface area contributed by atoms with Gasteiger partial charge < -0.3 is 0 Å². The van der Waals surface area contributed by atoms with Gasteiger partial charge >= 0.3 is 0 Å². The van der Waals surface area contributed by atoms with Crippen LogP contribution in [0, 0.1) is 0 Å². The van der Waals surface area contributed by atoms with Crippen LogP contribution in [-0.4, -0.2) is 23.1 Å². The Bertz CT molecular complexity index is 944. The van der Waals surface area contributed by atoms with Crippen LogP contribution < -0.4 is 9.44 Å². The summed E-state index contributed by atoms with van der Waals surface area (Å²) < 4.78 is 52.0. The van der Waals surface area contributed by atoms with Crippen LogP contribution >= 0.6 is 23.2 Å². The van der Waals surface area contributed by atoms with E-state index in [1.165, 1.54) is 30.3 Å². The number of para-hydroxylation sites is 2. The molecule has 0 aliphatic rings. The van der Waals surface area contributed by atoms with Gasteiger partial charge in [-0.05, 0) is 30.3 Å². The summed E-state index contributed by atoms with van der Waals surface area (Å²) in [6.45, 7) is 0. The summed E-state index contributed by atoms with van der Waals surface area (Å²) in [7, 11) is -7.51. The molecule has 0 saturated carbocycles. The first-order valence-corrected chi connectivity index (χ1v) is 10.3. The summed E-state index contributed by atoms with van der Waals surface area (Å²) in [5.74, 6) is 0. The average molecular weight is 395 g/mol. The lowest BCUT2D eigenvalue weighted by Gasteiger charge is -2.13. The minimum absolute atomic E-state index is 0.0870. The van der Waals surface area contributed by atoms with Gasteiger partial charge in [0.25, 0.3) is 10.0 Å². The largest absolute Gasteiger partial charge is 0.282 e. The van der Waals surface area contributed by atoms with Crippen molar-refractivity contribution in [2.24, 2.45) is 0 Å². The molecular weight excluding hydrogens is 383 g/mol. The van der Waals surface area contributed by atoms with Crippen molar-refractivity contribution in [1.29, 1.82) is 0 Å². The molecule has 0 spiro atoms. The predicted molar refractivity (Wildman–Crippen MR) is 92.2 cm³/mol. The second-order valence-corrected chi connectivity index (χ2v) is 8.85. The second kappa shape index (κ2) is 6.56. The maximum atomic E-state index is 12.4. The first kappa shape index (κ1) is 17.9. The molecule has 0 fully saturated rings. The summed E-state index contributed by atoms with van der Waals surface area (Å²) in [4.78, 5) is -0.0962. The number of benzene rings is 2. The van der Waals surface area contributed by atoms with Crippen LogP contribution in [-0.2, 0) is 20.0 Å². The zero-order valence-electron chi connectivity index (χ0n) is 11.7. The predicted octanol–water partition coefficient (Wildman–Crippen LogP) is 3.17. The first-order chi connectivity index (χ1) is 10.6. The van der Waals surface area contributed by atoms with Crippen molar-refractivity contribution >= 4 is 54.6 Å². The summed E-state index contributed by atoms with van der Waals surface area (Å²) >= 11 is 11.6. The van der Waals surface area contributed by atoms with E-state index in [9.17, 15) is 16.8 Å². The molecule has 2 N–H and O–H groups in total. The smallest absolute Gasteiger partial charge is 0.262 e. The highest BCUT2D eigenvalue weighted by Gasteiger charge is 2.18. The lowest BCUT2D eigenvalue weighted by atomic mass is 10.3. The van der Waals surface area contributed by atoms with E-state index in [0.29, 0.717) is 0 Å². The van der Waals surface area contributed by atoms with Crippen molar-refractivity contribution in [3.8, 4) is 0 Å². The number of sulfonamides is 2. The van der Waals surface area contributed by atoms with Gasteiger partial charge in [-0.25, -0.2) is 16.8 Å². The van der Waals surface area contributed by atoms with Gasteiger partial charge in [-0.1, -0.05) is 35.3 Å². The van der Waals surface area contributed by atoms with E-state index in [1.807, 2.05) is 0 Å². The third-order valence-corrected chi connectivity index (χ3v) is 5.36. The molecule has 2 aromatic rings. The van der Waals surface area contributed by atoms with Gasteiger partial charge in [-0.3, -0.25) is 9.44 Å². The van der Waals surface area contributed by atoms with Gasteiger partial charge in [0, 0.05) is 0 Å². The molecule has 0 aromatic heterocycles. The number of halogens is 2. The SMILES string of the molecule is CS(=O)(=O)Nc1ccccc1NS(=O)(=O)c1ccc(Cl)c(Cl)c1. The number of rotatable bonds is 5. The average Bonchev–Trinajstić information content (AvgIpc) is 2.42. The van der Waals surface area contributed by atoms with E-state index >= 15 is 0 Å². The molecule has 124 valence electrons. The van der Waals surface area contributed by atoms with E-state index in [1.54, 1.807) is 12.1 Å². The van der Waals surface area contributed by atoms with Crippen molar-refractivity contribution in [2.45, 2.75) is 4.90 Å². The third-order valence-electron chi connectivity index (χ3n) is 2.67. The number of hydrogen-bond acceptors (Lipinski definition) is 4. The first-order valence-electron chi connectivity index (χ1n) is 6.13. The van der Waals surface area contributed by atoms with Crippen LogP contribution in [0.25, 0.3) is 0 Å². The molecule has 10 heteroatoms. The minimum atomic E-state index is -3.96. The molecule has 0 bridgehead atoms. The standard InChI is InChI=1S/C13H12Cl2N2O4S2/c1-22(18,19)16-12-4-2-3-5-13(12)17-23(20,21)9-6-7-10(14)11(15)8-9/h2-8,16-17H,1H3. The summed E-state index contributed by atoms with van der Waals surface area (Å²) in [5.41, 5.74) is 0.197. The Morgan fingerprint density at radius 3 is 1.91 bits per heavy atom. The molecule has 2 rings (SSSR count). The van der Waals surface area contributed by atoms with Gasteiger partial charge in [-0.2, -0.15) is 0 Å². The highest BCUT2D eigenvalue weighted by Crippen LogP contribution is 2.28. The van der Waals surface area contributed by atoms with Gasteiger partial charge in [0.2, 0.25) is 10.0 Å². The van der Waals surface area contributed by atoms with Gasteiger partial charge in [-0.15, -0.1) is 0 Å². The molecule has 2 aromatic carbocycles. The van der Waals surface area contributed by atoms with Crippen LogP contribution in [0.15, 0.2) is 47.4 Å². The summed E-state index contributed by atoms with van der Waals surface area (Å²) in [5, 5.41) is 0.321. The Balaban J connectivity index is 2.40. The van der Waals surface area contributed by atoms with Crippen LogP contribution in [0.5, 0.6) is 0 Å². The monoisotopic (exact) mass is 394 g/mol. The lowest BCUT2D eigenvalue weighted by Crippen LogP contribution is -2.16. The molecule has 0 radical (unpaired) electrons. The van der Waals surface area contributed by atoms with E-state index < -0.39 is 20.0 Å². The van der Waals surface area contributed by atoms with Crippen LogP contribution in [0.2, 0.25) is 10.0 Å². The maximum absolute atomic E-state index is 12.4. The summed E-state index contributed by atoms with van der Waals surface area (Å²) in [6.07, 6.45) is 0.969. The van der Waals surface area contributed by atoms with Gasteiger partial charge in [0.1, 0.15) is 0 Å². The Kier molecular flexibility index (Phi) is 5.10. The Labute approximate surface area is 144 Å². The Morgan fingerprint density at radius 1 is 0.826 bits per heavy atom. The Hall–Kier alpha value is -1.48. The fraction of sp³-hybridized carbons (Fsp3) is 0.0769. The number of hydrogen-bond donors (Lipinski definition) is 2. The zero-order chi connectivity index (χ0) is 17.3. The van der Waals surface area contributed by atoms with Crippen molar-refractivity contribution < 1.29 is 16.8 Å². The fourth-order valence-corrected chi connectivity index (χ4v) is 3.75. The second-order valence-electron chi connectivity index (χ2n) is 4.60. The molecule has 23 heavy (non-hydrogen) atoms. The molecule has 0 unspecified atom stereocenters. The topological polar surface area (TPSA) is 92.3 Å². The molecule has 0 heterocycles. The normalized spacial score (nSPS) is 12.0. The molecule has 6 nitrogen and oxygen atoms in total. The maximum Gasteiger partial charge on any atom is 0.262 e. The van der Waals surface area contributed by atoms with E-state index in [2.05, 4.69) is 9.44 Å². The number of nitrogens with one attached hydrogen (secondary N) is 2. The van der Waals surface area contributed by atoms with Crippen molar-refractivity contribution in [2.75, 3.05) is 15.7 Å². The highest BCUT2D eigenvalue weighted by atomic mass is 35.5. The molecule has 0 amide bonds. The molecule has 0 aliphatic carbocycles. The fourth-order valence-electron chi connectivity index (χ4n) is 1.71. The highest BCUT2D eigenvalue weighted by molar-refractivity contribution is 7.93. The molecular formula is C13H12Cl2N2O4S2. The quantitative estimate of drug-likeness (QED) is 0.814. The molecule has 0 atom stereocenters. The van der Waals surface area contributed by atoms with Crippen LogP contribution in [0.4, 0.5) is 11.4 Å². The van der Waals surface area contributed by atoms with Crippen molar-refractivity contribution in [3.63, 3.8) is 0 Å². The van der Waals surface area contributed by atoms with Crippen LogP contribution in [0.3, 0.4) is 0 Å². The van der Waals surface area contributed by atoms with Gasteiger partial charge in [0.15, 0.2) is 0 Å². The van der Waals surface area contributed by atoms with Crippen molar-refractivity contribution in [1.82, 2.24) is 0 Å². The van der Waals surface area contributed by atoms with E-state index in [0.717, 1.165) is 6.26 Å². The van der Waals surface area contributed by atoms with Crippen LogP contribution in [0.1, 0.15) is 0 Å². The number of anilines is 2. The molecule has 0 saturated heterocycles. The van der Waals surface area contributed by atoms with E-state index in [-0.39, 0.29) is 26.3 Å². The summed E-state index contributed by atoms with van der Waals surface area (Å²) in [6, 6.07) is 9.88. The van der Waals surface area contributed by atoms with E-state index in [4.69, 9.17) is 23.2 Å². The minimum Gasteiger partial charge on any atom is -0.282 e. The Morgan fingerprint density at radius 2 is 1.39 bits per heavy atom. The van der Waals surface area contributed by atoms with Gasteiger partial charge in [0.05, 0.1) is 32.6 Å². The molecule has 0 aliphatic heterocycles. The third kappa shape index (κ3) is 4.74.